The Bertz CT molecular complexity index is 464. The van der Waals surface area contributed by atoms with Crippen LogP contribution in [-0.2, 0) is 14.9 Å². The molecule has 1 fully saturated rings. The van der Waals surface area contributed by atoms with Crippen LogP contribution in [0.4, 0.5) is 0 Å². The molecule has 1 aliphatic rings. The van der Waals surface area contributed by atoms with Crippen molar-refractivity contribution in [1.29, 1.82) is 0 Å². The molecule has 0 amide bonds. The molecule has 0 N–H and O–H groups in total. The Balaban J connectivity index is 2.00. The maximum Gasteiger partial charge on any atom is 0.311 e. The van der Waals surface area contributed by atoms with Gasteiger partial charge in [0.05, 0.1) is 12.0 Å². The smallest absolute Gasteiger partial charge is 0.311 e. The van der Waals surface area contributed by atoms with Crippen molar-refractivity contribution >= 4 is 21.9 Å². The van der Waals surface area contributed by atoms with Gasteiger partial charge >= 0.3 is 5.97 Å². The lowest BCUT2D eigenvalue weighted by atomic mass is 9.90. The monoisotopic (exact) mass is 338 g/mol. The average molecular weight is 339 g/mol. The summed E-state index contributed by atoms with van der Waals surface area (Å²) < 4.78 is 5.50. The van der Waals surface area contributed by atoms with E-state index in [1.807, 2.05) is 26.8 Å². The summed E-state index contributed by atoms with van der Waals surface area (Å²) in [6, 6.07) is 10.6. The fourth-order valence-corrected chi connectivity index (χ4v) is 3.44. The Labute approximate surface area is 130 Å². The highest BCUT2D eigenvalue weighted by molar-refractivity contribution is 9.09. The largest absolute Gasteiger partial charge is 0.465 e. The van der Waals surface area contributed by atoms with Crippen LogP contribution in [-0.4, -0.2) is 17.9 Å². The molecule has 0 saturated heterocycles. The quantitative estimate of drug-likeness (QED) is 0.590. The fourth-order valence-electron chi connectivity index (χ4n) is 2.73. The second kappa shape index (κ2) is 5.88. The Hall–Kier alpha value is -0.830. The van der Waals surface area contributed by atoms with Crippen molar-refractivity contribution in [2.24, 2.45) is 11.3 Å². The van der Waals surface area contributed by atoms with Gasteiger partial charge in [-0.2, -0.15) is 0 Å². The highest BCUT2D eigenvalue weighted by Gasteiger charge is 2.54. The van der Waals surface area contributed by atoms with Crippen LogP contribution in [0.25, 0.3) is 0 Å². The topological polar surface area (TPSA) is 26.3 Å². The van der Waals surface area contributed by atoms with Crippen molar-refractivity contribution in [1.82, 2.24) is 0 Å². The first kappa shape index (κ1) is 15.6. The van der Waals surface area contributed by atoms with E-state index in [2.05, 4.69) is 40.2 Å². The average Bonchev–Trinajstić information content (AvgIpc) is 3.11. The van der Waals surface area contributed by atoms with Gasteiger partial charge in [-0.15, -0.1) is 0 Å². The molecule has 2 rings (SSSR count). The molecule has 3 heteroatoms. The molecule has 1 aliphatic carbocycles. The number of esters is 1. The predicted octanol–water partition coefficient (Wildman–Crippen LogP) is 4.32. The first-order valence-corrected chi connectivity index (χ1v) is 8.31. The first-order valence-electron chi connectivity index (χ1n) is 7.19. The van der Waals surface area contributed by atoms with Crippen molar-refractivity contribution in [2.75, 3.05) is 11.9 Å². The van der Waals surface area contributed by atoms with Gasteiger partial charge in [0.1, 0.15) is 0 Å². The van der Waals surface area contributed by atoms with E-state index >= 15 is 0 Å². The second-order valence-corrected chi connectivity index (χ2v) is 7.50. The van der Waals surface area contributed by atoms with Crippen molar-refractivity contribution in [3.8, 4) is 0 Å². The molecule has 0 spiro atoms. The Kier molecular flexibility index (Phi) is 4.58. The molecule has 0 aromatic heterocycles. The lowest BCUT2D eigenvalue weighted by Crippen LogP contribution is -2.25. The number of halogens is 1. The summed E-state index contributed by atoms with van der Waals surface area (Å²) in [7, 11) is 0. The highest BCUT2D eigenvalue weighted by Crippen LogP contribution is 2.57. The van der Waals surface area contributed by atoms with Crippen molar-refractivity contribution in [2.45, 2.75) is 39.0 Å². The van der Waals surface area contributed by atoms with Gasteiger partial charge in [-0.1, -0.05) is 46.3 Å². The molecule has 1 saturated carbocycles. The zero-order valence-electron chi connectivity index (χ0n) is 12.5. The number of alkyl halides is 1. The summed E-state index contributed by atoms with van der Waals surface area (Å²) in [5.41, 5.74) is 1.15. The maximum atomic E-state index is 11.9. The summed E-state index contributed by atoms with van der Waals surface area (Å²) >= 11 is 3.55. The van der Waals surface area contributed by atoms with Gasteiger partial charge in [0, 0.05) is 16.7 Å². The molecule has 1 aromatic carbocycles. The van der Waals surface area contributed by atoms with Gasteiger partial charge in [0.25, 0.3) is 0 Å². The summed E-state index contributed by atoms with van der Waals surface area (Å²) in [5.74, 6) is 0.346. The molecule has 0 unspecified atom stereocenters. The Morgan fingerprint density at radius 3 is 2.55 bits per heavy atom. The van der Waals surface area contributed by atoms with Gasteiger partial charge < -0.3 is 4.74 Å². The van der Waals surface area contributed by atoms with Crippen LogP contribution in [0.3, 0.4) is 0 Å². The zero-order valence-corrected chi connectivity index (χ0v) is 14.1. The molecule has 2 atom stereocenters. The van der Waals surface area contributed by atoms with Gasteiger partial charge in [0.2, 0.25) is 0 Å². The number of carbonyl (C=O) groups is 1. The summed E-state index contributed by atoms with van der Waals surface area (Å²) in [5, 5.41) is 0.978. The van der Waals surface area contributed by atoms with E-state index in [4.69, 9.17) is 4.74 Å². The van der Waals surface area contributed by atoms with E-state index in [-0.39, 0.29) is 11.4 Å². The third-order valence-corrected chi connectivity index (χ3v) is 4.55. The van der Waals surface area contributed by atoms with E-state index in [0.29, 0.717) is 12.5 Å². The van der Waals surface area contributed by atoms with Crippen LogP contribution in [0.2, 0.25) is 0 Å². The standard InChI is InChI=1S/C17H23BrO2/c1-16(2,3)15(19)20-12-14-11-17(14,9-10-18)13-7-5-4-6-8-13/h4-8,14H,9-12H2,1-3H3/t14-,17-/m0/s1. The van der Waals surface area contributed by atoms with E-state index < -0.39 is 5.41 Å². The lowest BCUT2D eigenvalue weighted by Gasteiger charge is -2.19. The van der Waals surface area contributed by atoms with Crippen LogP contribution >= 0.6 is 15.9 Å². The minimum Gasteiger partial charge on any atom is -0.465 e. The highest BCUT2D eigenvalue weighted by atomic mass is 79.9. The summed E-state index contributed by atoms with van der Waals surface area (Å²) in [6.07, 6.45) is 2.20. The second-order valence-electron chi connectivity index (χ2n) is 6.71. The van der Waals surface area contributed by atoms with E-state index in [0.717, 1.165) is 18.2 Å². The molecule has 20 heavy (non-hydrogen) atoms. The van der Waals surface area contributed by atoms with Crippen LogP contribution in [0.1, 0.15) is 39.2 Å². The number of benzene rings is 1. The Morgan fingerprint density at radius 1 is 1.35 bits per heavy atom. The summed E-state index contributed by atoms with van der Waals surface area (Å²) in [4.78, 5) is 11.9. The number of hydrogen-bond acceptors (Lipinski definition) is 2. The number of rotatable bonds is 5. The number of hydrogen-bond donors (Lipinski definition) is 0. The van der Waals surface area contributed by atoms with Gasteiger partial charge in [-0.3, -0.25) is 4.79 Å². The number of ether oxygens (including phenoxy) is 1. The molecular weight excluding hydrogens is 316 g/mol. The van der Waals surface area contributed by atoms with Gasteiger partial charge in [0.15, 0.2) is 0 Å². The van der Waals surface area contributed by atoms with Crippen LogP contribution in [0.15, 0.2) is 30.3 Å². The van der Waals surface area contributed by atoms with Gasteiger partial charge in [-0.25, -0.2) is 0 Å². The van der Waals surface area contributed by atoms with Gasteiger partial charge in [-0.05, 0) is 39.2 Å². The van der Waals surface area contributed by atoms with Crippen LogP contribution in [0, 0.1) is 11.3 Å². The molecule has 1 aromatic rings. The summed E-state index contributed by atoms with van der Waals surface area (Å²) in [6.45, 7) is 6.22. The van der Waals surface area contributed by atoms with Crippen LogP contribution in [0.5, 0.6) is 0 Å². The van der Waals surface area contributed by atoms with Crippen molar-refractivity contribution in [3.63, 3.8) is 0 Å². The van der Waals surface area contributed by atoms with E-state index in [9.17, 15) is 4.79 Å². The Morgan fingerprint density at radius 2 is 2.00 bits per heavy atom. The third kappa shape index (κ3) is 3.25. The molecule has 2 nitrogen and oxygen atoms in total. The van der Waals surface area contributed by atoms with E-state index in [1.165, 1.54) is 5.56 Å². The predicted molar refractivity (Wildman–Crippen MR) is 85.1 cm³/mol. The molecule has 0 aliphatic heterocycles. The lowest BCUT2D eigenvalue weighted by molar-refractivity contribution is -0.153. The molecule has 0 radical (unpaired) electrons. The SMILES string of the molecule is CC(C)(C)C(=O)OC[C@@H]1C[C@@]1(CCBr)c1ccccc1. The minimum atomic E-state index is -0.417. The van der Waals surface area contributed by atoms with Crippen molar-refractivity contribution < 1.29 is 9.53 Å². The first-order chi connectivity index (χ1) is 9.40. The van der Waals surface area contributed by atoms with Crippen LogP contribution < -0.4 is 0 Å². The molecule has 0 bridgehead atoms. The third-order valence-electron chi connectivity index (χ3n) is 4.15. The molecule has 0 heterocycles. The minimum absolute atomic E-state index is 0.106. The zero-order chi connectivity index (χ0) is 14.8. The van der Waals surface area contributed by atoms with Crippen molar-refractivity contribution in [3.05, 3.63) is 35.9 Å². The maximum absolute atomic E-state index is 11.9. The molecular formula is C17H23BrO2. The number of carbonyl (C=O) groups excluding carboxylic acids is 1. The normalized spacial score (nSPS) is 25.3. The fraction of sp³-hybridized carbons (Fsp3) is 0.588. The van der Waals surface area contributed by atoms with E-state index in [1.54, 1.807) is 0 Å². The molecule has 110 valence electrons.